The van der Waals surface area contributed by atoms with Crippen molar-refractivity contribution in [3.8, 4) is 11.4 Å². The van der Waals surface area contributed by atoms with Gasteiger partial charge in [-0.3, -0.25) is 14.4 Å². The highest BCUT2D eigenvalue weighted by atomic mass is 16.5. The third-order valence-electron chi connectivity index (χ3n) is 4.98. The second-order valence-electron chi connectivity index (χ2n) is 7.22. The molecule has 3 aromatic rings. The molecule has 2 heterocycles. The molecule has 2 aromatic carbocycles. The van der Waals surface area contributed by atoms with Gasteiger partial charge < -0.3 is 14.7 Å². The zero-order valence-electron chi connectivity index (χ0n) is 16.6. The van der Waals surface area contributed by atoms with Gasteiger partial charge in [-0.25, -0.2) is 0 Å². The number of carbonyl (C=O) groups excluding carboxylic acids is 3. The molecule has 1 atom stereocenters. The van der Waals surface area contributed by atoms with Crippen LogP contribution >= 0.6 is 0 Å². The normalized spacial score (nSPS) is 16.0. The number of benzene rings is 2. The van der Waals surface area contributed by atoms with E-state index in [1.54, 1.807) is 42.2 Å². The van der Waals surface area contributed by atoms with Crippen LogP contribution in [0.3, 0.4) is 0 Å². The van der Waals surface area contributed by atoms with Crippen molar-refractivity contribution in [3.63, 3.8) is 0 Å². The number of aromatic nitrogens is 2. The molecule has 0 radical (unpaired) electrons. The Morgan fingerprint density at radius 1 is 1.17 bits per heavy atom. The highest BCUT2D eigenvalue weighted by Crippen LogP contribution is 2.29. The van der Waals surface area contributed by atoms with Gasteiger partial charge in [-0.2, -0.15) is 4.98 Å². The van der Waals surface area contributed by atoms with Crippen LogP contribution in [0.25, 0.3) is 11.4 Å². The van der Waals surface area contributed by atoms with E-state index < -0.39 is 5.92 Å². The number of ketones is 1. The molecule has 1 saturated heterocycles. The van der Waals surface area contributed by atoms with Crippen molar-refractivity contribution < 1.29 is 18.9 Å². The molecule has 1 fully saturated rings. The highest BCUT2D eigenvalue weighted by Gasteiger charge is 2.35. The SMILES string of the molecule is CC(=O)c1cccc(NC(=O)[C@@H]2CC(=O)N(c3cccc(-c4noc(C)n4)c3)C2)c1. The van der Waals surface area contributed by atoms with Crippen molar-refractivity contribution >= 4 is 29.0 Å². The first-order valence-electron chi connectivity index (χ1n) is 9.53. The third kappa shape index (κ3) is 3.98. The monoisotopic (exact) mass is 404 g/mol. The van der Waals surface area contributed by atoms with E-state index in [1.165, 1.54) is 6.92 Å². The van der Waals surface area contributed by atoms with Crippen LogP contribution in [0, 0.1) is 12.8 Å². The van der Waals surface area contributed by atoms with Crippen molar-refractivity contribution in [1.82, 2.24) is 10.1 Å². The van der Waals surface area contributed by atoms with E-state index in [0.717, 1.165) is 5.56 Å². The van der Waals surface area contributed by atoms with Crippen LogP contribution < -0.4 is 10.2 Å². The zero-order valence-corrected chi connectivity index (χ0v) is 16.6. The molecule has 0 spiro atoms. The Morgan fingerprint density at radius 3 is 2.70 bits per heavy atom. The maximum Gasteiger partial charge on any atom is 0.229 e. The predicted molar refractivity (Wildman–Crippen MR) is 110 cm³/mol. The van der Waals surface area contributed by atoms with Crippen LogP contribution in [0.4, 0.5) is 11.4 Å². The lowest BCUT2D eigenvalue weighted by molar-refractivity contribution is -0.122. The fourth-order valence-electron chi connectivity index (χ4n) is 3.42. The minimum absolute atomic E-state index is 0.0787. The summed E-state index contributed by atoms with van der Waals surface area (Å²) in [6, 6.07) is 14.0. The van der Waals surface area contributed by atoms with Gasteiger partial charge in [0.05, 0.1) is 5.92 Å². The van der Waals surface area contributed by atoms with E-state index in [-0.39, 0.29) is 30.6 Å². The van der Waals surface area contributed by atoms with E-state index in [9.17, 15) is 14.4 Å². The van der Waals surface area contributed by atoms with E-state index in [4.69, 9.17) is 4.52 Å². The molecule has 8 nitrogen and oxygen atoms in total. The van der Waals surface area contributed by atoms with Gasteiger partial charge in [0.1, 0.15) is 0 Å². The van der Waals surface area contributed by atoms with Gasteiger partial charge in [0.2, 0.25) is 23.5 Å². The molecule has 4 rings (SSSR count). The Labute approximate surface area is 172 Å². The number of nitrogens with one attached hydrogen (secondary N) is 1. The molecule has 1 N–H and O–H groups in total. The van der Waals surface area contributed by atoms with Crippen LogP contribution in [0.15, 0.2) is 53.1 Å². The Bertz CT molecular complexity index is 1140. The van der Waals surface area contributed by atoms with Gasteiger partial charge in [-0.05, 0) is 31.2 Å². The van der Waals surface area contributed by atoms with Gasteiger partial charge in [-0.15, -0.1) is 0 Å². The van der Waals surface area contributed by atoms with Crippen molar-refractivity contribution in [3.05, 3.63) is 60.0 Å². The highest BCUT2D eigenvalue weighted by molar-refractivity contribution is 6.04. The molecule has 1 aliphatic heterocycles. The minimum atomic E-state index is -0.491. The van der Waals surface area contributed by atoms with E-state index in [0.29, 0.717) is 28.7 Å². The van der Waals surface area contributed by atoms with Gasteiger partial charge >= 0.3 is 0 Å². The maximum atomic E-state index is 12.7. The molecule has 0 saturated carbocycles. The second-order valence-corrected chi connectivity index (χ2v) is 7.22. The fourth-order valence-corrected chi connectivity index (χ4v) is 3.42. The lowest BCUT2D eigenvalue weighted by Gasteiger charge is -2.17. The molecule has 1 aromatic heterocycles. The first-order valence-corrected chi connectivity index (χ1v) is 9.53. The predicted octanol–water partition coefficient (Wildman–Crippen LogP) is 3.24. The van der Waals surface area contributed by atoms with E-state index in [2.05, 4.69) is 15.5 Å². The summed E-state index contributed by atoms with van der Waals surface area (Å²) in [6.07, 6.45) is 0.115. The number of anilines is 2. The Kier molecular flexibility index (Phi) is 5.14. The molecule has 8 heteroatoms. The Balaban J connectivity index is 1.48. The summed E-state index contributed by atoms with van der Waals surface area (Å²) in [6.45, 7) is 3.45. The Morgan fingerprint density at radius 2 is 1.97 bits per heavy atom. The summed E-state index contributed by atoms with van der Waals surface area (Å²) in [5.41, 5.74) is 2.46. The number of amides is 2. The first-order chi connectivity index (χ1) is 14.4. The molecule has 152 valence electrons. The number of aryl methyl sites for hydroxylation is 1. The molecule has 0 bridgehead atoms. The number of rotatable bonds is 5. The largest absolute Gasteiger partial charge is 0.339 e. The number of hydrogen-bond acceptors (Lipinski definition) is 6. The third-order valence-corrected chi connectivity index (χ3v) is 4.98. The van der Waals surface area contributed by atoms with Gasteiger partial charge in [0.15, 0.2) is 5.78 Å². The molecule has 2 amide bonds. The summed E-state index contributed by atoms with van der Waals surface area (Å²) >= 11 is 0. The summed E-state index contributed by atoms with van der Waals surface area (Å²) in [7, 11) is 0. The van der Waals surface area contributed by atoms with Gasteiger partial charge in [0.25, 0.3) is 0 Å². The molecule has 30 heavy (non-hydrogen) atoms. The number of carbonyl (C=O) groups is 3. The number of hydrogen-bond donors (Lipinski definition) is 1. The summed E-state index contributed by atoms with van der Waals surface area (Å²) in [5.74, 6) is -0.0518. The molecule has 0 aliphatic carbocycles. The van der Waals surface area contributed by atoms with E-state index >= 15 is 0 Å². The molecule has 0 unspecified atom stereocenters. The standard InChI is InChI=1S/C22H20N4O4/c1-13(27)15-5-3-7-18(9-15)24-22(29)17-11-20(28)26(12-17)19-8-4-6-16(10-19)21-23-14(2)30-25-21/h3-10,17H,11-12H2,1-2H3,(H,24,29)/t17-/m1/s1. The van der Waals surface area contributed by atoms with E-state index in [1.807, 2.05) is 18.2 Å². The Hall–Kier alpha value is -3.81. The van der Waals surface area contributed by atoms with Crippen LogP contribution in [0.1, 0.15) is 29.6 Å². The molecular formula is C22H20N4O4. The van der Waals surface area contributed by atoms with Crippen molar-refractivity contribution in [2.45, 2.75) is 20.3 Å². The summed E-state index contributed by atoms with van der Waals surface area (Å²) < 4.78 is 5.02. The maximum absolute atomic E-state index is 12.7. The quantitative estimate of drug-likeness (QED) is 0.655. The zero-order chi connectivity index (χ0) is 21.3. The minimum Gasteiger partial charge on any atom is -0.339 e. The average molecular weight is 404 g/mol. The van der Waals surface area contributed by atoms with Crippen LogP contribution in [0.5, 0.6) is 0 Å². The van der Waals surface area contributed by atoms with Crippen LogP contribution in [-0.2, 0) is 9.59 Å². The molecule has 1 aliphatic rings. The first kappa shape index (κ1) is 19.5. The summed E-state index contributed by atoms with van der Waals surface area (Å²) in [5, 5.41) is 6.71. The number of Topliss-reactive ketones (excluding diaryl/α,β-unsaturated/α-hetero) is 1. The molecular weight excluding hydrogens is 384 g/mol. The fraction of sp³-hybridized carbons (Fsp3) is 0.227. The average Bonchev–Trinajstić information content (AvgIpc) is 3.34. The smallest absolute Gasteiger partial charge is 0.229 e. The number of nitrogens with zero attached hydrogens (tertiary/aromatic N) is 3. The lowest BCUT2D eigenvalue weighted by Crippen LogP contribution is -2.28. The lowest BCUT2D eigenvalue weighted by atomic mass is 10.1. The van der Waals surface area contributed by atoms with Gasteiger partial charge in [0, 0.05) is 42.4 Å². The van der Waals surface area contributed by atoms with Crippen LogP contribution in [-0.4, -0.2) is 34.3 Å². The van der Waals surface area contributed by atoms with Crippen molar-refractivity contribution in [2.24, 2.45) is 5.92 Å². The van der Waals surface area contributed by atoms with Crippen molar-refractivity contribution in [1.29, 1.82) is 0 Å². The van der Waals surface area contributed by atoms with Gasteiger partial charge in [-0.1, -0.05) is 29.4 Å². The topological polar surface area (TPSA) is 105 Å². The summed E-state index contributed by atoms with van der Waals surface area (Å²) in [4.78, 5) is 42.6. The van der Waals surface area contributed by atoms with Crippen molar-refractivity contribution in [2.75, 3.05) is 16.8 Å². The van der Waals surface area contributed by atoms with Crippen LogP contribution in [0.2, 0.25) is 0 Å². The second kappa shape index (κ2) is 7.90.